The number of ether oxygens (including phenoxy) is 2. The maximum absolute atomic E-state index is 14.0. The lowest BCUT2D eigenvalue weighted by Crippen LogP contribution is -2.49. The molecule has 3 amide bonds. The van der Waals surface area contributed by atoms with E-state index in [1.165, 1.54) is 11.0 Å². The van der Waals surface area contributed by atoms with Gasteiger partial charge in [0.25, 0.3) is 0 Å². The number of fused-ring (bicyclic) bond motifs is 1. The van der Waals surface area contributed by atoms with Gasteiger partial charge in [-0.25, -0.2) is 4.79 Å². The van der Waals surface area contributed by atoms with E-state index in [1.54, 1.807) is 45.8 Å². The van der Waals surface area contributed by atoms with Crippen LogP contribution in [0.2, 0.25) is 0 Å². The summed E-state index contributed by atoms with van der Waals surface area (Å²) in [6.45, 7) is 9.61. The second kappa shape index (κ2) is 16.3. The summed E-state index contributed by atoms with van der Waals surface area (Å²) in [6.07, 6.45) is 3.90. The van der Waals surface area contributed by atoms with Gasteiger partial charge in [0, 0.05) is 32.6 Å². The average Bonchev–Trinajstić information content (AvgIpc) is 2.99. The van der Waals surface area contributed by atoms with Gasteiger partial charge in [0.05, 0.1) is 6.61 Å². The highest BCUT2D eigenvalue weighted by Gasteiger charge is 2.29. The summed E-state index contributed by atoms with van der Waals surface area (Å²) in [5, 5.41) is 14.2. The third-order valence-corrected chi connectivity index (χ3v) is 7.49. The van der Waals surface area contributed by atoms with Gasteiger partial charge in [0.1, 0.15) is 24.0 Å². The number of carbonyl (C=O) groups excluding carboxylic acids is 3. The highest BCUT2D eigenvalue weighted by molar-refractivity contribution is 5.93. The minimum absolute atomic E-state index is 0.0876. The van der Waals surface area contributed by atoms with E-state index in [-0.39, 0.29) is 25.0 Å². The van der Waals surface area contributed by atoms with Crippen molar-refractivity contribution in [2.75, 3.05) is 33.9 Å². The number of carbonyl (C=O) groups is 3. The van der Waals surface area contributed by atoms with Crippen LogP contribution in [0.1, 0.15) is 52.2 Å². The third-order valence-electron chi connectivity index (χ3n) is 7.49. The van der Waals surface area contributed by atoms with Crippen molar-refractivity contribution in [3.63, 3.8) is 0 Å². The topological polar surface area (TPSA) is 108 Å². The van der Waals surface area contributed by atoms with Crippen LogP contribution >= 0.6 is 0 Å². The van der Waals surface area contributed by atoms with Crippen molar-refractivity contribution in [3.05, 3.63) is 90.0 Å². The minimum Gasteiger partial charge on any atom is -0.491 e. The Kier molecular flexibility index (Phi) is 12.8. The smallest absolute Gasteiger partial charge is 0.408 e. The first-order valence-electron chi connectivity index (χ1n) is 15.7. The highest BCUT2D eigenvalue weighted by Crippen LogP contribution is 2.21. The van der Waals surface area contributed by atoms with Crippen molar-refractivity contribution in [1.82, 2.24) is 15.1 Å². The molecule has 248 valence electrons. The number of likely N-dealkylation sites (N-methyl/N-ethyl adjacent to an activating group) is 2. The number of aliphatic hydroxyl groups is 1. The molecule has 0 bridgehead atoms. The maximum atomic E-state index is 14.0. The fraction of sp³-hybridized carbons (Fsp3) is 0.432. The fourth-order valence-electron chi connectivity index (χ4n) is 4.99. The van der Waals surface area contributed by atoms with Crippen molar-refractivity contribution in [1.29, 1.82) is 0 Å². The average molecular weight is 632 g/mol. The van der Waals surface area contributed by atoms with Gasteiger partial charge in [0.15, 0.2) is 0 Å². The lowest BCUT2D eigenvalue weighted by molar-refractivity contribution is -0.141. The quantitative estimate of drug-likeness (QED) is 0.227. The zero-order valence-corrected chi connectivity index (χ0v) is 28.2. The molecule has 0 unspecified atom stereocenters. The van der Waals surface area contributed by atoms with Crippen LogP contribution < -0.4 is 10.1 Å². The first-order chi connectivity index (χ1) is 21.7. The van der Waals surface area contributed by atoms with Gasteiger partial charge in [-0.2, -0.15) is 0 Å². The number of alkyl carbamates (subject to hydrolysis) is 1. The first-order valence-corrected chi connectivity index (χ1v) is 15.7. The number of benzene rings is 3. The predicted octanol–water partition coefficient (Wildman–Crippen LogP) is 5.53. The summed E-state index contributed by atoms with van der Waals surface area (Å²) in [4.78, 5) is 42.9. The molecule has 2 N–H and O–H groups in total. The second-order valence-electron chi connectivity index (χ2n) is 13.2. The SMILES string of the molecule is CN(CCc1ccccc1OCCO)C(=O)[C@@H](Cc1ccc2ccccc2c1)N(C)C(=O)C=CCC(C)(C)NC(=O)OC(C)(C)C. The van der Waals surface area contributed by atoms with E-state index in [4.69, 9.17) is 9.47 Å². The molecule has 0 aliphatic carbocycles. The zero-order valence-electron chi connectivity index (χ0n) is 28.2. The lowest BCUT2D eigenvalue weighted by Gasteiger charge is -2.31. The van der Waals surface area contributed by atoms with E-state index in [0.717, 1.165) is 21.9 Å². The van der Waals surface area contributed by atoms with Gasteiger partial charge in [0.2, 0.25) is 11.8 Å². The maximum Gasteiger partial charge on any atom is 0.408 e. The van der Waals surface area contributed by atoms with Crippen molar-refractivity contribution in [2.45, 2.75) is 71.1 Å². The van der Waals surface area contributed by atoms with Crippen LogP contribution in [-0.2, 0) is 27.2 Å². The number of nitrogens with one attached hydrogen (secondary N) is 1. The lowest BCUT2D eigenvalue weighted by atomic mass is 9.99. The Morgan fingerprint density at radius 2 is 1.61 bits per heavy atom. The molecular weight excluding hydrogens is 582 g/mol. The van der Waals surface area contributed by atoms with Crippen LogP contribution in [0.4, 0.5) is 4.79 Å². The Bertz CT molecular complexity index is 1510. The van der Waals surface area contributed by atoms with Gasteiger partial charge in [-0.1, -0.05) is 66.7 Å². The van der Waals surface area contributed by atoms with Gasteiger partial charge in [-0.15, -0.1) is 0 Å². The van der Waals surface area contributed by atoms with Crippen LogP contribution in [0.5, 0.6) is 5.75 Å². The number of hydrogen-bond donors (Lipinski definition) is 2. The number of nitrogens with zero attached hydrogens (tertiary/aromatic N) is 2. The molecule has 1 atom stereocenters. The molecule has 9 heteroatoms. The Morgan fingerprint density at radius 3 is 2.30 bits per heavy atom. The highest BCUT2D eigenvalue weighted by atomic mass is 16.6. The van der Waals surface area contributed by atoms with Crippen LogP contribution in [0, 0.1) is 0 Å². The van der Waals surface area contributed by atoms with Crippen LogP contribution in [0.15, 0.2) is 78.9 Å². The van der Waals surface area contributed by atoms with E-state index in [2.05, 4.69) is 11.4 Å². The number of hydrogen-bond acceptors (Lipinski definition) is 6. The molecule has 0 aromatic heterocycles. The molecule has 0 saturated carbocycles. The monoisotopic (exact) mass is 631 g/mol. The van der Waals surface area contributed by atoms with Gasteiger partial charge in [-0.05, 0) is 81.5 Å². The molecule has 0 fully saturated rings. The molecule has 46 heavy (non-hydrogen) atoms. The van der Waals surface area contributed by atoms with E-state index in [1.807, 2.05) is 74.5 Å². The number of rotatable bonds is 14. The fourth-order valence-corrected chi connectivity index (χ4v) is 4.99. The molecule has 3 rings (SSSR count). The van der Waals surface area contributed by atoms with Crippen LogP contribution in [0.25, 0.3) is 10.8 Å². The van der Waals surface area contributed by atoms with Gasteiger partial charge >= 0.3 is 6.09 Å². The van der Waals surface area contributed by atoms with E-state index < -0.39 is 23.3 Å². The van der Waals surface area contributed by atoms with Crippen LogP contribution in [0.3, 0.4) is 0 Å². The van der Waals surface area contributed by atoms with Gasteiger partial charge < -0.3 is 29.7 Å². The summed E-state index contributed by atoms with van der Waals surface area (Å²) < 4.78 is 11.0. The molecule has 9 nitrogen and oxygen atoms in total. The van der Waals surface area contributed by atoms with E-state index in [9.17, 15) is 19.5 Å². The number of amides is 3. The molecule has 0 saturated heterocycles. The summed E-state index contributed by atoms with van der Waals surface area (Å²) >= 11 is 0. The summed E-state index contributed by atoms with van der Waals surface area (Å²) in [6, 6.07) is 20.9. The van der Waals surface area contributed by atoms with Crippen molar-refractivity contribution >= 4 is 28.7 Å². The molecule has 3 aromatic carbocycles. The second-order valence-corrected chi connectivity index (χ2v) is 13.2. The molecule has 0 spiro atoms. The number of aliphatic hydroxyl groups excluding tert-OH is 1. The molecule has 0 radical (unpaired) electrons. The molecule has 3 aromatic rings. The Balaban J connectivity index is 1.76. The Morgan fingerprint density at radius 1 is 0.935 bits per heavy atom. The Hall–Kier alpha value is -4.37. The summed E-state index contributed by atoms with van der Waals surface area (Å²) in [5.74, 6) is 0.174. The Labute approximate surface area is 273 Å². The normalized spacial score (nSPS) is 12.5. The molecule has 0 aliphatic heterocycles. The number of para-hydroxylation sites is 1. The van der Waals surface area contributed by atoms with Crippen molar-refractivity contribution in [2.24, 2.45) is 0 Å². The third kappa shape index (κ3) is 11.2. The summed E-state index contributed by atoms with van der Waals surface area (Å²) in [7, 11) is 3.39. The zero-order chi connectivity index (χ0) is 33.9. The van der Waals surface area contributed by atoms with Crippen molar-refractivity contribution in [3.8, 4) is 5.75 Å². The summed E-state index contributed by atoms with van der Waals surface area (Å²) in [5.41, 5.74) is 0.595. The molecular formula is C37H49N3O6. The largest absolute Gasteiger partial charge is 0.491 e. The molecule has 0 aliphatic rings. The van der Waals surface area contributed by atoms with Gasteiger partial charge in [-0.3, -0.25) is 9.59 Å². The predicted molar refractivity (Wildman–Crippen MR) is 182 cm³/mol. The first kappa shape index (κ1) is 36.1. The van der Waals surface area contributed by atoms with Crippen LogP contribution in [-0.4, -0.2) is 83.8 Å². The molecule has 0 heterocycles. The minimum atomic E-state index is -0.753. The standard InChI is InChI=1S/C37H49N3O6/c1-36(2,3)46-35(44)38-37(4,5)21-12-17-33(42)40(7)31(26-27-18-19-28-13-8-9-15-30(28)25-27)34(43)39(6)22-20-29-14-10-11-16-32(29)45-24-23-41/h8-19,25,31,41H,20-24,26H2,1-7H3,(H,38,44)/t31-/m1/s1. The van der Waals surface area contributed by atoms with Crippen molar-refractivity contribution < 1.29 is 29.0 Å². The van der Waals surface area contributed by atoms with E-state index >= 15 is 0 Å². The van der Waals surface area contributed by atoms with E-state index in [0.29, 0.717) is 31.6 Å².